The van der Waals surface area contributed by atoms with E-state index in [1.165, 1.54) is 37.1 Å². The van der Waals surface area contributed by atoms with Crippen molar-refractivity contribution in [3.63, 3.8) is 0 Å². The van der Waals surface area contributed by atoms with E-state index in [0.717, 1.165) is 24.9 Å². The van der Waals surface area contributed by atoms with Gasteiger partial charge in [-0.3, -0.25) is 4.79 Å². The smallest absolute Gasteiger partial charge is 0.251 e. The summed E-state index contributed by atoms with van der Waals surface area (Å²) in [6, 6.07) is 6.48. The van der Waals surface area contributed by atoms with E-state index in [1.54, 1.807) is 0 Å². The number of benzene rings is 1. The molecule has 2 bridgehead atoms. The maximum atomic E-state index is 12.7. The van der Waals surface area contributed by atoms with Crippen LogP contribution in [0, 0.1) is 5.92 Å². The van der Waals surface area contributed by atoms with Crippen molar-refractivity contribution in [1.29, 1.82) is 0 Å². The molecule has 0 aliphatic carbocycles. The average molecular weight is 286 g/mol. The Morgan fingerprint density at radius 2 is 2.00 bits per heavy atom. The van der Waals surface area contributed by atoms with Crippen molar-refractivity contribution in [2.24, 2.45) is 5.92 Å². The van der Waals surface area contributed by atoms with Gasteiger partial charge in [-0.1, -0.05) is 26.0 Å². The van der Waals surface area contributed by atoms with E-state index in [4.69, 9.17) is 0 Å². The molecule has 1 aromatic rings. The molecule has 114 valence electrons. The molecule has 0 spiro atoms. The van der Waals surface area contributed by atoms with Crippen molar-refractivity contribution in [3.8, 4) is 0 Å². The highest BCUT2D eigenvalue weighted by Crippen LogP contribution is 2.28. The Morgan fingerprint density at radius 3 is 2.57 bits per heavy atom. The Labute approximate surface area is 127 Å². The normalized spacial score (nSPS) is 27.6. The molecular weight excluding hydrogens is 260 g/mol. The molecule has 3 heteroatoms. The minimum atomic E-state index is 0.126. The lowest BCUT2D eigenvalue weighted by Gasteiger charge is -2.45. The monoisotopic (exact) mass is 286 g/mol. The van der Waals surface area contributed by atoms with Crippen molar-refractivity contribution in [1.82, 2.24) is 10.2 Å². The Bertz CT molecular complexity index is 518. The highest BCUT2D eigenvalue weighted by molar-refractivity contribution is 5.96. The number of amides is 1. The summed E-state index contributed by atoms with van der Waals surface area (Å²) < 4.78 is 0. The first kappa shape index (κ1) is 14.6. The fourth-order valence-corrected chi connectivity index (χ4v) is 3.97. The zero-order chi connectivity index (χ0) is 14.8. The van der Waals surface area contributed by atoms with E-state index in [1.807, 2.05) is 12.1 Å². The summed E-state index contributed by atoms with van der Waals surface area (Å²) in [7, 11) is 0. The van der Waals surface area contributed by atoms with E-state index >= 15 is 0 Å². The largest absolute Gasteiger partial charge is 0.348 e. The number of fused-ring (bicyclic) bond motifs is 3. The topological polar surface area (TPSA) is 32.3 Å². The van der Waals surface area contributed by atoms with Gasteiger partial charge in [-0.15, -0.1) is 0 Å². The summed E-state index contributed by atoms with van der Waals surface area (Å²) in [6.07, 6.45) is 4.39. The number of aryl methyl sites for hydroxylation is 1. The summed E-state index contributed by atoms with van der Waals surface area (Å²) in [5.74, 6) is 0.805. The van der Waals surface area contributed by atoms with E-state index in [0.29, 0.717) is 12.0 Å². The van der Waals surface area contributed by atoms with Crippen LogP contribution in [0.25, 0.3) is 0 Å². The number of nitrogens with zero attached hydrogens (tertiary/aromatic N) is 1. The van der Waals surface area contributed by atoms with Crippen LogP contribution in [0.4, 0.5) is 0 Å². The second kappa shape index (κ2) is 6.18. The highest BCUT2D eigenvalue weighted by atomic mass is 16.1. The zero-order valence-corrected chi connectivity index (χ0v) is 13.2. The van der Waals surface area contributed by atoms with Crippen LogP contribution in [0.3, 0.4) is 0 Å². The molecule has 1 unspecified atom stereocenters. The fourth-order valence-electron chi connectivity index (χ4n) is 3.97. The predicted octanol–water partition coefficient (Wildman–Crippen LogP) is 2.64. The molecule has 0 radical (unpaired) electrons. The Morgan fingerprint density at radius 1 is 1.24 bits per heavy atom. The van der Waals surface area contributed by atoms with Crippen LogP contribution in [0.2, 0.25) is 0 Å². The second-order valence-corrected chi connectivity index (χ2v) is 6.37. The van der Waals surface area contributed by atoms with E-state index in [2.05, 4.69) is 30.1 Å². The third kappa shape index (κ3) is 2.84. The van der Waals surface area contributed by atoms with Gasteiger partial charge in [-0.2, -0.15) is 0 Å². The Balaban J connectivity index is 1.76. The van der Waals surface area contributed by atoms with Crippen molar-refractivity contribution in [2.45, 2.75) is 45.6 Å². The number of hydrogen-bond donors (Lipinski definition) is 1. The number of carbonyl (C=O) groups is 1. The molecule has 0 aromatic heterocycles. The molecule has 3 nitrogen and oxygen atoms in total. The third-order valence-electron chi connectivity index (χ3n) is 5.22. The summed E-state index contributed by atoms with van der Waals surface area (Å²) in [6.45, 7) is 7.75. The first-order valence-electron chi connectivity index (χ1n) is 8.36. The van der Waals surface area contributed by atoms with Gasteiger partial charge >= 0.3 is 0 Å². The molecule has 1 N–H and O–H groups in total. The number of rotatable bonds is 4. The molecule has 4 rings (SSSR count). The standard InChI is InChI=1S/C18H26N2O/c1-3-13-6-5-7-16(15(13)4-2)18(21)19-17-12-20-10-8-14(17)9-11-20/h5-7,14,17H,3-4,8-12H2,1-2H3,(H,19,21). The molecule has 3 saturated heterocycles. The van der Waals surface area contributed by atoms with Crippen molar-refractivity contribution >= 4 is 5.91 Å². The minimum absolute atomic E-state index is 0.126. The molecule has 3 fully saturated rings. The molecule has 1 atom stereocenters. The summed E-state index contributed by atoms with van der Waals surface area (Å²) in [5.41, 5.74) is 3.41. The first-order chi connectivity index (χ1) is 10.2. The number of carbonyl (C=O) groups excluding carboxylic acids is 1. The summed E-state index contributed by atoms with van der Waals surface area (Å²) in [5, 5.41) is 3.31. The molecule has 21 heavy (non-hydrogen) atoms. The van der Waals surface area contributed by atoms with Gasteiger partial charge in [-0.25, -0.2) is 0 Å². The summed E-state index contributed by atoms with van der Waals surface area (Å²) in [4.78, 5) is 15.2. The SMILES string of the molecule is CCc1cccc(C(=O)NC2CN3CCC2CC3)c1CC. The van der Waals surface area contributed by atoms with Gasteiger partial charge in [0.15, 0.2) is 0 Å². The highest BCUT2D eigenvalue weighted by Gasteiger charge is 2.35. The number of nitrogens with one attached hydrogen (secondary N) is 1. The zero-order valence-electron chi connectivity index (χ0n) is 13.2. The molecule has 3 heterocycles. The lowest BCUT2D eigenvalue weighted by Crippen LogP contribution is -2.57. The summed E-state index contributed by atoms with van der Waals surface area (Å²) >= 11 is 0. The maximum absolute atomic E-state index is 12.7. The molecule has 3 aliphatic rings. The minimum Gasteiger partial charge on any atom is -0.348 e. The molecule has 3 aliphatic heterocycles. The van der Waals surface area contributed by atoms with Crippen LogP contribution in [-0.4, -0.2) is 36.5 Å². The second-order valence-electron chi connectivity index (χ2n) is 6.37. The van der Waals surface area contributed by atoms with Crippen LogP contribution in [-0.2, 0) is 12.8 Å². The molecule has 1 amide bonds. The van der Waals surface area contributed by atoms with Crippen LogP contribution < -0.4 is 5.32 Å². The van der Waals surface area contributed by atoms with Gasteiger partial charge in [0, 0.05) is 18.2 Å². The number of piperidine rings is 3. The van der Waals surface area contributed by atoms with Gasteiger partial charge in [0.1, 0.15) is 0 Å². The van der Waals surface area contributed by atoms with E-state index in [9.17, 15) is 4.79 Å². The van der Waals surface area contributed by atoms with Crippen LogP contribution in [0.15, 0.2) is 18.2 Å². The van der Waals surface area contributed by atoms with Crippen molar-refractivity contribution < 1.29 is 4.79 Å². The molecular formula is C18H26N2O. The Kier molecular flexibility index (Phi) is 4.29. The third-order valence-corrected chi connectivity index (χ3v) is 5.22. The van der Waals surface area contributed by atoms with Crippen LogP contribution in [0.5, 0.6) is 0 Å². The van der Waals surface area contributed by atoms with Gasteiger partial charge in [0.25, 0.3) is 5.91 Å². The van der Waals surface area contributed by atoms with Gasteiger partial charge in [0.05, 0.1) is 0 Å². The fraction of sp³-hybridized carbons (Fsp3) is 0.611. The van der Waals surface area contributed by atoms with Crippen LogP contribution in [0.1, 0.15) is 48.2 Å². The molecule has 1 aromatic carbocycles. The lowest BCUT2D eigenvalue weighted by molar-refractivity contribution is 0.0620. The van der Waals surface area contributed by atoms with Crippen molar-refractivity contribution in [2.75, 3.05) is 19.6 Å². The first-order valence-corrected chi connectivity index (χ1v) is 8.36. The Hall–Kier alpha value is -1.35. The lowest BCUT2D eigenvalue weighted by atomic mass is 9.84. The average Bonchev–Trinajstić information content (AvgIpc) is 2.55. The quantitative estimate of drug-likeness (QED) is 0.923. The van der Waals surface area contributed by atoms with Gasteiger partial charge < -0.3 is 10.2 Å². The van der Waals surface area contributed by atoms with Crippen LogP contribution >= 0.6 is 0 Å². The van der Waals surface area contributed by atoms with E-state index < -0.39 is 0 Å². The predicted molar refractivity (Wildman–Crippen MR) is 85.6 cm³/mol. The maximum Gasteiger partial charge on any atom is 0.251 e. The van der Waals surface area contributed by atoms with Gasteiger partial charge in [-0.05, 0) is 61.9 Å². The van der Waals surface area contributed by atoms with Crippen molar-refractivity contribution in [3.05, 3.63) is 34.9 Å². The van der Waals surface area contributed by atoms with E-state index in [-0.39, 0.29) is 5.91 Å². The number of hydrogen-bond acceptors (Lipinski definition) is 2. The molecule has 0 saturated carbocycles. The van der Waals surface area contributed by atoms with Gasteiger partial charge in [0.2, 0.25) is 0 Å².